The average Bonchev–Trinajstić information content (AvgIpc) is 3.24. The van der Waals surface area contributed by atoms with E-state index in [-0.39, 0.29) is 24.0 Å². The van der Waals surface area contributed by atoms with E-state index in [0.29, 0.717) is 12.5 Å². The molecule has 7 nitrogen and oxygen atoms in total. The molecule has 2 aromatic rings. The fourth-order valence-corrected chi connectivity index (χ4v) is 3.79. The molecule has 0 atom stereocenters. The highest BCUT2D eigenvalue weighted by Gasteiger charge is 2.20. The summed E-state index contributed by atoms with van der Waals surface area (Å²) in [6, 6.07) is 10.3. The topological polar surface area (TPSA) is 66.1 Å². The molecule has 2 heterocycles. The van der Waals surface area contributed by atoms with E-state index in [0.717, 1.165) is 62.2 Å². The van der Waals surface area contributed by atoms with Crippen LogP contribution in [0.4, 0.5) is 5.69 Å². The highest BCUT2D eigenvalue weighted by Crippen LogP contribution is 2.23. The lowest BCUT2D eigenvalue weighted by molar-refractivity contribution is 0.353. The summed E-state index contributed by atoms with van der Waals surface area (Å²) in [7, 11) is 3.53. The van der Waals surface area contributed by atoms with Crippen molar-refractivity contribution in [3.05, 3.63) is 41.8 Å². The van der Waals surface area contributed by atoms with Gasteiger partial charge in [-0.1, -0.05) is 25.1 Å². The van der Waals surface area contributed by atoms with Crippen LogP contribution in [0.25, 0.3) is 0 Å². The van der Waals surface area contributed by atoms with E-state index in [1.807, 2.05) is 19.2 Å². The van der Waals surface area contributed by atoms with Crippen molar-refractivity contribution < 1.29 is 9.26 Å². The van der Waals surface area contributed by atoms with Crippen LogP contribution >= 0.6 is 24.0 Å². The standard InChI is InChI=1S/C22H33N5O2.HI/c1-5-17(6-2)21-15-20(29-25-21)16-24-22(23-3)27-12-10-26(11-13-27)18-8-7-9-19(14-18)28-4;/h7-9,14-15,17H,5-6,10-13,16H2,1-4H3,(H,23,24);1H. The molecule has 0 amide bonds. The van der Waals surface area contributed by atoms with Crippen LogP contribution in [0, 0.1) is 0 Å². The predicted octanol–water partition coefficient (Wildman–Crippen LogP) is 4.10. The second kappa shape index (κ2) is 12.0. The number of nitrogens with one attached hydrogen (secondary N) is 1. The molecule has 1 aromatic heterocycles. The van der Waals surface area contributed by atoms with E-state index in [4.69, 9.17) is 9.26 Å². The molecule has 1 saturated heterocycles. The molecule has 1 aromatic carbocycles. The van der Waals surface area contributed by atoms with Gasteiger partial charge in [-0.3, -0.25) is 4.99 Å². The Balaban J connectivity index is 0.00000320. The summed E-state index contributed by atoms with van der Waals surface area (Å²) < 4.78 is 10.9. The van der Waals surface area contributed by atoms with Crippen LogP contribution in [0.3, 0.4) is 0 Å². The Morgan fingerprint density at radius 1 is 1.20 bits per heavy atom. The van der Waals surface area contributed by atoms with E-state index < -0.39 is 0 Å². The molecule has 3 rings (SSSR count). The third-order valence-corrected chi connectivity index (χ3v) is 5.61. The minimum Gasteiger partial charge on any atom is -0.497 e. The molecular weight excluding hydrogens is 493 g/mol. The summed E-state index contributed by atoms with van der Waals surface area (Å²) in [5.41, 5.74) is 2.25. The second-order valence-corrected chi connectivity index (χ2v) is 7.31. The molecule has 0 spiro atoms. The third-order valence-electron chi connectivity index (χ3n) is 5.61. The molecule has 0 bridgehead atoms. The first-order chi connectivity index (χ1) is 14.2. The van der Waals surface area contributed by atoms with Crippen molar-refractivity contribution >= 4 is 35.6 Å². The summed E-state index contributed by atoms with van der Waals surface area (Å²) in [5.74, 6) is 3.11. The van der Waals surface area contributed by atoms with E-state index >= 15 is 0 Å². The Bertz CT molecular complexity index is 798. The zero-order chi connectivity index (χ0) is 20.6. The minimum absolute atomic E-state index is 0. The number of anilines is 1. The van der Waals surface area contributed by atoms with Gasteiger partial charge >= 0.3 is 0 Å². The number of aromatic nitrogens is 1. The van der Waals surface area contributed by atoms with E-state index in [9.17, 15) is 0 Å². The number of nitrogens with zero attached hydrogens (tertiary/aromatic N) is 4. The second-order valence-electron chi connectivity index (χ2n) is 7.31. The predicted molar refractivity (Wildman–Crippen MR) is 132 cm³/mol. The van der Waals surface area contributed by atoms with Crippen LogP contribution in [-0.2, 0) is 6.54 Å². The fourth-order valence-electron chi connectivity index (χ4n) is 3.79. The zero-order valence-electron chi connectivity index (χ0n) is 18.4. The molecular formula is C22H34IN5O2. The summed E-state index contributed by atoms with van der Waals surface area (Å²) in [6.07, 6.45) is 2.16. The van der Waals surface area contributed by atoms with E-state index in [1.165, 1.54) is 5.69 Å². The monoisotopic (exact) mass is 527 g/mol. The maximum absolute atomic E-state index is 5.52. The molecule has 0 saturated carbocycles. The van der Waals surface area contributed by atoms with Gasteiger partial charge in [0, 0.05) is 57.0 Å². The van der Waals surface area contributed by atoms with Crippen molar-refractivity contribution in [1.29, 1.82) is 0 Å². The Labute approximate surface area is 196 Å². The lowest BCUT2D eigenvalue weighted by atomic mass is 9.99. The number of rotatable bonds is 7. The average molecular weight is 527 g/mol. The van der Waals surface area contributed by atoms with Crippen molar-refractivity contribution in [3.63, 3.8) is 0 Å². The Kier molecular flexibility index (Phi) is 9.74. The highest BCUT2D eigenvalue weighted by atomic mass is 127. The van der Waals surface area contributed by atoms with Crippen LogP contribution in [0.2, 0.25) is 0 Å². The Morgan fingerprint density at radius 3 is 2.57 bits per heavy atom. The number of aliphatic imine (C=N–C) groups is 1. The first kappa shape index (κ1) is 24.3. The van der Waals surface area contributed by atoms with Crippen molar-refractivity contribution in [1.82, 2.24) is 15.4 Å². The Hall–Kier alpha value is -1.97. The molecule has 166 valence electrons. The fraction of sp³-hybridized carbons (Fsp3) is 0.545. The quantitative estimate of drug-likeness (QED) is 0.332. The van der Waals surface area contributed by atoms with Gasteiger partial charge in [-0.05, 0) is 25.0 Å². The lowest BCUT2D eigenvalue weighted by Crippen LogP contribution is -2.52. The number of benzene rings is 1. The van der Waals surface area contributed by atoms with Crippen molar-refractivity contribution in [2.24, 2.45) is 4.99 Å². The first-order valence-electron chi connectivity index (χ1n) is 10.5. The van der Waals surface area contributed by atoms with Crippen LogP contribution in [0.1, 0.15) is 44.1 Å². The lowest BCUT2D eigenvalue weighted by Gasteiger charge is -2.37. The van der Waals surface area contributed by atoms with Crippen LogP contribution in [0.5, 0.6) is 5.75 Å². The first-order valence-corrected chi connectivity index (χ1v) is 10.5. The van der Waals surface area contributed by atoms with Crippen molar-refractivity contribution in [2.75, 3.05) is 45.2 Å². The Morgan fingerprint density at radius 2 is 1.93 bits per heavy atom. The third kappa shape index (κ3) is 6.02. The molecule has 0 aliphatic carbocycles. The van der Waals surface area contributed by atoms with Crippen LogP contribution in [0.15, 0.2) is 39.8 Å². The van der Waals surface area contributed by atoms with Gasteiger partial charge in [0.1, 0.15) is 5.75 Å². The van der Waals surface area contributed by atoms with E-state index in [2.05, 4.69) is 57.3 Å². The molecule has 0 radical (unpaired) electrons. The molecule has 1 aliphatic rings. The highest BCUT2D eigenvalue weighted by molar-refractivity contribution is 14.0. The van der Waals surface area contributed by atoms with Gasteiger partial charge in [-0.2, -0.15) is 0 Å². The SMILES string of the molecule is CCC(CC)c1cc(CNC(=NC)N2CCN(c3cccc(OC)c3)CC2)on1.I. The molecule has 1 aliphatic heterocycles. The summed E-state index contributed by atoms with van der Waals surface area (Å²) in [4.78, 5) is 9.12. The molecule has 8 heteroatoms. The molecule has 30 heavy (non-hydrogen) atoms. The summed E-state index contributed by atoms with van der Waals surface area (Å²) in [5, 5.41) is 7.67. The minimum atomic E-state index is 0. The number of ether oxygens (including phenoxy) is 1. The molecule has 1 fully saturated rings. The molecule has 1 N–H and O–H groups in total. The summed E-state index contributed by atoms with van der Waals surface area (Å²) in [6.45, 7) is 8.67. The molecule has 0 unspecified atom stereocenters. The van der Waals surface area contributed by atoms with Gasteiger partial charge in [0.15, 0.2) is 11.7 Å². The van der Waals surface area contributed by atoms with Gasteiger partial charge in [0.25, 0.3) is 0 Å². The maximum atomic E-state index is 5.52. The van der Waals surface area contributed by atoms with Gasteiger partial charge in [0.2, 0.25) is 0 Å². The van der Waals surface area contributed by atoms with E-state index in [1.54, 1.807) is 7.11 Å². The van der Waals surface area contributed by atoms with Gasteiger partial charge in [-0.15, -0.1) is 24.0 Å². The number of hydrogen-bond acceptors (Lipinski definition) is 5. The number of halogens is 1. The van der Waals surface area contributed by atoms with Crippen LogP contribution in [-0.4, -0.2) is 56.4 Å². The van der Waals surface area contributed by atoms with Gasteiger partial charge in [-0.25, -0.2) is 0 Å². The van der Waals surface area contributed by atoms with Crippen LogP contribution < -0.4 is 15.0 Å². The van der Waals surface area contributed by atoms with Crippen molar-refractivity contribution in [2.45, 2.75) is 39.2 Å². The van der Waals surface area contributed by atoms with Gasteiger partial charge in [0.05, 0.1) is 19.3 Å². The summed E-state index contributed by atoms with van der Waals surface area (Å²) >= 11 is 0. The number of hydrogen-bond donors (Lipinski definition) is 1. The largest absolute Gasteiger partial charge is 0.497 e. The normalized spacial score (nSPS) is 14.6. The smallest absolute Gasteiger partial charge is 0.194 e. The number of guanidine groups is 1. The number of piperazine rings is 1. The van der Waals surface area contributed by atoms with Crippen molar-refractivity contribution in [3.8, 4) is 5.75 Å². The zero-order valence-corrected chi connectivity index (χ0v) is 20.8. The number of methoxy groups -OCH3 is 1. The maximum Gasteiger partial charge on any atom is 0.194 e. The van der Waals surface area contributed by atoms with Gasteiger partial charge < -0.3 is 24.4 Å².